The minimum atomic E-state index is -1.53. The molecule has 2 aliphatic carbocycles. The molecule has 6 atom stereocenters. The van der Waals surface area contributed by atoms with Crippen LogP contribution in [-0.4, -0.2) is 54.9 Å². The molecule has 2 heterocycles. The summed E-state index contributed by atoms with van der Waals surface area (Å²) in [7, 11) is 4.42. The van der Waals surface area contributed by atoms with Gasteiger partial charge in [0.15, 0.2) is 0 Å². The summed E-state index contributed by atoms with van der Waals surface area (Å²) in [6.45, 7) is 0. The third-order valence-corrected chi connectivity index (χ3v) is 10.5. The molecule has 4 amide bonds. The molecule has 0 unspecified atom stereocenters. The lowest BCUT2D eigenvalue weighted by Gasteiger charge is -2.51. The summed E-state index contributed by atoms with van der Waals surface area (Å²) in [5.41, 5.74) is 0.412. The van der Waals surface area contributed by atoms with Gasteiger partial charge in [-0.15, -0.1) is 0 Å². The molecule has 9 nitrogen and oxygen atoms in total. The Labute approximate surface area is 265 Å². The zero-order valence-corrected chi connectivity index (χ0v) is 25.7. The van der Waals surface area contributed by atoms with E-state index in [0.29, 0.717) is 27.6 Å². The highest BCUT2D eigenvalue weighted by atomic mass is 35.5. The summed E-state index contributed by atoms with van der Waals surface area (Å²) in [6.07, 6.45) is 2.38. The van der Waals surface area contributed by atoms with Crippen molar-refractivity contribution in [1.29, 1.82) is 0 Å². The van der Waals surface area contributed by atoms with Crippen molar-refractivity contribution in [2.75, 3.05) is 26.2 Å². The number of rotatable bonds is 5. The molecule has 7 rings (SSSR count). The summed E-state index contributed by atoms with van der Waals surface area (Å²) < 4.78 is 11.3. The maximum Gasteiger partial charge on any atom is 0.246 e. The van der Waals surface area contributed by atoms with Crippen molar-refractivity contribution >= 4 is 40.9 Å². The van der Waals surface area contributed by atoms with Gasteiger partial charge in [-0.2, -0.15) is 0 Å². The number of halogens is 1. The number of hydrogen-bond donors (Lipinski definition) is 1. The lowest BCUT2D eigenvalue weighted by Crippen LogP contribution is -2.53. The van der Waals surface area contributed by atoms with E-state index in [1.54, 1.807) is 30.3 Å². The molecule has 2 saturated heterocycles. The van der Waals surface area contributed by atoms with E-state index in [1.165, 1.54) is 37.1 Å². The number of fused-ring (bicyclic) bond motifs is 4. The Balaban J connectivity index is 1.56. The number of amides is 4. The number of hydrogen-bond acceptors (Lipinski definition) is 7. The van der Waals surface area contributed by atoms with E-state index in [1.807, 2.05) is 36.4 Å². The van der Waals surface area contributed by atoms with Crippen molar-refractivity contribution in [2.24, 2.45) is 23.7 Å². The van der Waals surface area contributed by atoms with Gasteiger partial charge in [0.05, 0.1) is 43.1 Å². The smallest absolute Gasteiger partial charge is 0.246 e. The van der Waals surface area contributed by atoms with E-state index < -0.39 is 46.8 Å². The lowest BCUT2D eigenvalue weighted by atomic mass is 9.49. The van der Waals surface area contributed by atoms with Crippen molar-refractivity contribution in [2.45, 2.75) is 24.2 Å². The molecule has 2 aliphatic heterocycles. The van der Waals surface area contributed by atoms with Crippen LogP contribution in [0.15, 0.2) is 78.4 Å². The highest BCUT2D eigenvalue weighted by Crippen LogP contribution is 2.66. The molecule has 0 spiro atoms. The van der Waals surface area contributed by atoms with Crippen LogP contribution in [0.25, 0.3) is 0 Å². The Morgan fingerprint density at radius 3 is 2.33 bits per heavy atom. The quantitative estimate of drug-likeness (QED) is 0.318. The number of nitrogens with zero attached hydrogens (tertiary/aromatic N) is 2. The van der Waals surface area contributed by atoms with Gasteiger partial charge in [-0.1, -0.05) is 59.6 Å². The standard InChI is InChI=1S/C35H31ClN2O7/c1-37-31(40)23-13-12-22-24(28(23)33(37)42)17-25-32(41)38(20-11-7-10-19(36)14-20)34(43)35(25,18-8-5-4-6-9-18)30(22)29-26(39)15-21(44-2)16-27(29)45-3/h4-12,14-16,23-25,28,30,39H,13,17H2,1-3H3/t23-,24+,25-,28-,30+,35+/m0/s1. The second-order valence-corrected chi connectivity index (χ2v) is 12.5. The van der Waals surface area contributed by atoms with Crippen molar-refractivity contribution < 1.29 is 33.8 Å². The maximum absolute atomic E-state index is 15.2. The number of phenolic OH excluding ortho intramolecular Hbond substituents is 1. The zero-order chi connectivity index (χ0) is 31.8. The van der Waals surface area contributed by atoms with Crippen LogP contribution in [0.2, 0.25) is 5.02 Å². The topological polar surface area (TPSA) is 113 Å². The Morgan fingerprint density at radius 2 is 1.64 bits per heavy atom. The van der Waals surface area contributed by atoms with Gasteiger partial charge >= 0.3 is 0 Å². The number of imide groups is 2. The van der Waals surface area contributed by atoms with Crippen LogP contribution in [-0.2, 0) is 24.6 Å². The van der Waals surface area contributed by atoms with Crippen molar-refractivity contribution in [3.8, 4) is 17.2 Å². The average Bonchev–Trinajstić information content (AvgIpc) is 3.41. The first-order valence-corrected chi connectivity index (χ1v) is 15.2. The molecular formula is C35H31ClN2O7. The number of carbonyl (C=O) groups excluding carboxylic acids is 4. The molecule has 3 aromatic carbocycles. The summed E-state index contributed by atoms with van der Waals surface area (Å²) >= 11 is 6.35. The first-order valence-electron chi connectivity index (χ1n) is 14.8. The van der Waals surface area contributed by atoms with E-state index in [-0.39, 0.29) is 36.2 Å². The van der Waals surface area contributed by atoms with Crippen LogP contribution in [0.1, 0.15) is 29.9 Å². The van der Waals surface area contributed by atoms with Gasteiger partial charge in [0.2, 0.25) is 23.6 Å². The van der Waals surface area contributed by atoms with Crippen LogP contribution in [0.3, 0.4) is 0 Å². The summed E-state index contributed by atoms with van der Waals surface area (Å²) in [4.78, 5) is 59.1. The van der Waals surface area contributed by atoms with Crippen LogP contribution in [0.4, 0.5) is 5.69 Å². The Morgan fingerprint density at radius 1 is 0.889 bits per heavy atom. The summed E-state index contributed by atoms with van der Waals surface area (Å²) in [5.74, 6) is -4.72. The molecule has 10 heteroatoms. The van der Waals surface area contributed by atoms with Crippen LogP contribution in [0, 0.1) is 23.7 Å². The number of phenols is 1. The third kappa shape index (κ3) is 3.92. The van der Waals surface area contributed by atoms with E-state index >= 15 is 4.79 Å². The predicted octanol–water partition coefficient (Wildman–Crippen LogP) is 4.86. The molecule has 3 aromatic rings. The van der Waals surface area contributed by atoms with Crippen LogP contribution >= 0.6 is 11.6 Å². The number of ether oxygens (including phenoxy) is 2. The van der Waals surface area contributed by atoms with Crippen LogP contribution in [0.5, 0.6) is 17.2 Å². The van der Waals surface area contributed by atoms with Crippen molar-refractivity contribution in [1.82, 2.24) is 4.90 Å². The molecule has 1 saturated carbocycles. The summed E-state index contributed by atoms with van der Waals surface area (Å²) in [6, 6.07) is 18.8. The molecule has 0 bridgehead atoms. The number of anilines is 1. The predicted molar refractivity (Wildman–Crippen MR) is 165 cm³/mol. The summed E-state index contributed by atoms with van der Waals surface area (Å²) in [5, 5.41) is 12.1. The van der Waals surface area contributed by atoms with Gasteiger partial charge in [0, 0.05) is 35.7 Å². The fourth-order valence-electron chi connectivity index (χ4n) is 8.38. The molecule has 0 radical (unpaired) electrons. The molecule has 3 fully saturated rings. The normalized spacial score (nSPS) is 28.9. The molecule has 45 heavy (non-hydrogen) atoms. The lowest BCUT2D eigenvalue weighted by molar-refractivity contribution is -0.138. The second kappa shape index (κ2) is 10.5. The number of methoxy groups -OCH3 is 2. The first-order chi connectivity index (χ1) is 21.6. The first kappa shape index (κ1) is 29.1. The van der Waals surface area contributed by atoms with Gasteiger partial charge in [0.1, 0.15) is 17.2 Å². The minimum Gasteiger partial charge on any atom is -0.507 e. The van der Waals surface area contributed by atoms with Gasteiger partial charge in [0.25, 0.3) is 0 Å². The van der Waals surface area contributed by atoms with Gasteiger partial charge in [-0.25, -0.2) is 4.90 Å². The van der Waals surface area contributed by atoms with Crippen molar-refractivity contribution in [3.05, 3.63) is 94.5 Å². The number of carbonyl (C=O) groups is 4. The van der Waals surface area contributed by atoms with Crippen LogP contribution < -0.4 is 14.4 Å². The molecule has 230 valence electrons. The molecular weight excluding hydrogens is 596 g/mol. The van der Waals surface area contributed by atoms with E-state index in [4.69, 9.17) is 21.1 Å². The second-order valence-electron chi connectivity index (χ2n) is 12.1. The maximum atomic E-state index is 15.2. The van der Waals surface area contributed by atoms with Gasteiger partial charge in [-0.3, -0.25) is 24.1 Å². The fraction of sp³-hybridized carbons (Fsp3) is 0.314. The Kier molecular flexibility index (Phi) is 6.78. The third-order valence-electron chi connectivity index (χ3n) is 10.2. The number of benzene rings is 3. The SMILES string of the molecule is COc1cc(O)c([C@H]2C3=CC[C@@H]4C(=O)N(C)C(=O)[C@@H]4[C@@H]3C[C@H]3C(=O)N(c4cccc(Cl)c4)C(=O)[C@@]23c2ccccc2)c(OC)c1. The van der Waals surface area contributed by atoms with Gasteiger partial charge < -0.3 is 14.6 Å². The highest BCUT2D eigenvalue weighted by Gasteiger charge is 2.70. The Hall–Kier alpha value is -4.63. The minimum absolute atomic E-state index is 0.159. The van der Waals surface area contributed by atoms with Crippen molar-refractivity contribution in [3.63, 3.8) is 0 Å². The van der Waals surface area contributed by atoms with Gasteiger partial charge in [-0.05, 0) is 42.5 Å². The fourth-order valence-corrected chi connectivity index (χ4v) is 8.56. The number of aromatic hydroxyl groups is 1. The van der Waals surface area contributed by atoms with E-state index in [0.717, 1.165) is 5.57 Å². The Bertz CT molecular complexity index is 1810. The largest absolute Gasteiger partial charge is 0.507 e. The monoisotopic (exact) mass is 626 g/mol. The molecule has 0 aromatic heterocycles. The number of allylic oxidation sites excluding steroid dienone is 2. The zero-order valence-electron chi connectivity index (χ0n) is 24.9. The molecule has 1 N–H and O–H groups in total. The average molecular weight is 627 g/mol. The van der Waals surface area contributed by atoms with E-state index in [9.17, 15) is 19.5 Å². The number of likely N-dealkylation sites (tertiary alicyclic amines) is 1. The molecule has 4 aliphatic rings. The van der Waals surface area contributed by atoms with E-state index in [2.05, 4.69) is 0 Å². The highest BCUT2D eigenvalue weighted by molar-refractivity contribution is 6.32.